The zero-order valence-electron chi connectivity index (χ0n) is 13.3. The minimum absolute atomic E-state index is 0.505. The Labute approximate surface area is 91.6 Å². The molecule has 0 fully saturated rings. The Hall–Kier alpha value is -0.645. The second-order valence-electron chi connectivity index (χ2n) is 2.19. The number of hydrogen-bond donors (Lipinski definition) is 2. The van der Waals surface area contributed by atoms with Crippen LogP contribution in [0.1, 0.15) is 34.9 Å². The van der Waals surface area contributed by atoms with Crippen molar-refractivity contribution >= 4 is 24.2 Å². The monoisotopic (exact) mass is 207 g/mol. The van der Waals surface area contributed by atoms with Crippen LogP contribution in [0.3, 0.4) is 0 Å². The normalized spacial score (nSPS) is 21.3. The summed E-state index contributed by atoms with van der Waals surface area (Å²) in [6, 6.07) is 0. The first kappa shape index (κ1) is 4.25. The van der Waals surface area contributed by atoms with Crippen molar-refractivity contribution in [2.75, 3.05) is 0 Å². The largest absolute Gasteiger partial charge is 0.491 e. The van der Waals surface area contributed by atoms with Crippen molar-refractivity contribution in [3.8, 4) is 0 Å². The number of hydrogen-bond acceptors (Lipinski definition) is 4. The third kappa shape index (κ3) is 2.40. The summed E-state index contributed by atoms with van der Waals surface area (Å²) < 4.78 is 51.7. The van der Waals surface area contributed by atoms with Crippen LogP contribution in [0, 0.1) is 0 Å². The van der Waals surface area contributed by atoms with Crippen LogP contribution in [0.5, 0.6) is 0 Å². The van der Waals surface area contributed by atoms with Crippen molar-refractivity contribution < 1.29 is 19.6 Å². The molecule has 0 aliphatic carbocycles. The molecule has 0 bridgehead atoms. The lowest BCUT2D eigenvalue weighted by Crippen LogP contribution is -2.35. The van der Waals surface area contributed by atoms with Crippen LogP contribution in [0.4, 0.5) is 0 Å². The van der Waals surface area contributed by atoms with Gasteiger partial charge in [-0.25, -0.2) is 9.97 Å². The first-order chi connectivity index (χ1) is 8.82. The topological polar surface area (TPSA) is 66.2 Å². The second-order valence-corrected chi connectivity index (χ2v) is 2.53. The van der Waals surface area contributed by atoms with Gasteiger partial charge in [-0.1, -0.05) is 13.7 Å². The quantitative estimate of drug-likeness (QED) is 0.526. The Morgan fingerprint density at radius 2 is 2.38 bits per heavy atom. The lowest BCUT2D eigenvalue weighted by atomic mass is 9.78. The SMILES string of the molecule is [2H]C([2H])([2H])C([2H])(c1nc(Cl)ncc1B(O)O)C([2H])([2H])[2H]. The molecular weight excluding hydrogens is 190 g/mol. The summed E-state index contributed by atoms with van der Waals surface area (Å²) in [5, 5.41) is 17.8. The van der Waals surface area contributed by atoms with Crippen molar-refractivity contribution in [3.05, 3.63) is 17.2 Å². The molecule has 0 saturated carbocycles. The van der Waals surface area contributed by atoms with E-state index in [1.54, 1.807) is 0 Å². The highest BCUT2D eigenvalue weighted by atomic mass is 35.5. The molecule has 0 aromatic carbocycles. The maximum absolute atomic E-state index is 9.17. The maximum atomic E-state index is 9.17. The van der Waals surface area contributed by atoms with E-state index in [-0.39, 0.29) is 0 Å². The molecule has 1 aromatic heterocycles. The minimum Gasteiger partial charge on any atom is -0.423 e. The fourth-order valence-electron chi connectivity index (χ4n) is 0.759. The minimum atomic E-state index is -3.31. The lowest BCUT2D eigenvalue weighted by molar-refractivity contribution is 0.424. The van der Waals surface area contributed by atoms with E-state index in [1.165, 1.54) is 0 Å². The summed E-state index contributed by atoms with van der Waals surface area (Å²) in [6.07, 6.45) is 0.774. The number of halogens is 1. The summed E-state index contributed by atoms with van der Waals surface area (Å²) in [5.74, 6) is -3.17. The fourth-order valence-corrected chi connectivity index (χ4v) is 0.892. The molecule has 0 aliphatic rings. The van der Waals surface area contributed by atoms with Gasteiger partial charge in [0.25, 0.3) is 0 Å². The van der Waals surface area contributed by atoms with Crippen LogP contribution in [-0.2, 0) is 0 Å². The Morgan fingerprint density at radius 3 is 2.92 bits per heavy atom. The Bertz CT molecular complexity index is 493. The van der Waals surface area contributed by atoms with E-state index < -0.39 is 43.2 Å². The summed E-state index contributed by atoms with van der Waals surface area (Å²) in [6.45, 7) is -6.61. The van der Waals surface area contributed by atoms with Gasteiger partial charge < -0.3 is 10.0 Å². The molecule has 0 unspecified atom stereocenters. The summed E-state index contributed by atoms with van der Waals surface area (Å²) in [7, 11) is -2.24. The van der Waals surface area contributed by atoms with E-state index in [4.69, 9.17) is 21.2 Å². The highest BCUT2D eigenvalue weighted by molar-refractivity contribution is 6.59. The zero-order chi connectivity index (χ0) is 15.9. The molecule has 2 N–H and O–H groups in total. The second kappa shape index (κ2) is 4.04. The first-order valence-corrected chi connectivity index (χ1v) is 3.59. The lowest BCUT2D eigenvalue weighted by Gasteiger charge is -2.09. The third-order valence-corrected chi connectivity index (χ3v) is 1.48. The van der Waals surface area contributed by atoms with Crippen molar-refractivity contribution in [1.29, 1.82) is 0 Å². The van der Waals surface area contributed by atoms with Gasteiger partial charge in [-0.3, -0.25) is 0 Å². The molecule has 0 atom stereocenters. The highest BCUT2D eigenvalue weighted by Gasteiger charge is 2.19. The van der Waals surface area contributed by atoms with Crippen molar-refractivity contribution in [3.63, 3.8) is 0 Å². The number of rotatable bonds is 2. The maximum Gasteiger partial charge on any atom is 0.491 e. The molecule has 4 nitrogen and oxygen atoms in total. The van der Waals surface area contributed by atoms with Gasteiger partial charge in [-0.2, -0.15) is 0 Å². The molecular formula is C7H10BClN2O2. The molecule has 1 aromatic rings. The Kier molecular flexibility index (Phi) is 1.32. The molecule has 0 spiro atoms. The van der Waals surface area contributed by atoms with Gasteiger partial charge in [0, 0.05) is 26.9 Å². The molecule has 6 heteroatoms. The third-order valence-electron chi connectivity index (χ3n) is 1.30. The van der Waals surface area contributed by atoms with Crippen molar-refractivity contribution in [1.82, 2.24) is 9.97 Å². The first-order valence-electron chi connectivity index (χ1n) is 6.71. The smallest absolute Gasteiger partial charge is 0.423 e. The van der Waals surface area contributed by atoms with Crippen LogP contribution in [-0.4, -0.2) is 27.1 Å². The molecule has 0 amide bonds. The molecule has 1 rings (SSSR count). The van der Waals surface area contributed by atoms with Crippen LogP contribution < -0.4 is 5.46 Å². The van der Waals surface area contributed by atoms with E-state index in [0.29, 0.717) is 0 Å². The average molecular weight is 207 g/mol. The Morgan fingerprint density at radius 1 is 1.69 bits per heavy atom. The average Bonchev–Trinajstić information content (AvgIpc) is 2.24. The molecule has 0 aliphatic heterocycles. The van der Waals surface area contributed by atoms with Crippen LogP contribution in [0.15, 0.2) is 6.20 Å². The molecule has 0 radical (unpaired) electrons. The standard InChI is InChI=1S/C7H10BClN2O2/c1-4(2)6-5(8(12)13)3-10-7(9)11-6/h3-4,12-13H,1-2H3/i1D3,2D3,4D. The summed E-state index contributed by atoms with van der Waals surface area (Å²) >= 11 is 5.49. The van der Waals surface area contributed by atoms with Crippen molar-refractivity contribution in [2.24, 2.45) is 0 Å². The van der Waals surface area contributed by atoms with Gasteiger partial charge in [-0.15, -0.1) is 0 Å². The van der Waals surface area contributed by atoms with Gasteiger partial charge in [0.05, 0.1) is 0 Å². The van der Waals surface area contributed by atoms with Crippen LogP contribution >= 0.6 is 11.6 Å². The van der Waals surface area contributed by atoms with E-state index in [2.05, 4.69) is 9.97 Å². The predicted octanol–water partition coefficient (Wildman–Crippen LogP) is -0.0668. The van der Waals surface area contributed by atoms with Crippen LogP contribution in [0.25, 0.3) is 0 Å². The van der Waals surface area contributed by atoms with Crippen LogP contribution in [0.2, 0.25) is 5.28 Å². The van der Waals surface area contributed by atoms with Gasteiger partial charge in [0.2, 0.25) is 5.28 Å². The number of nitrogens with zero attached hydrogens (tertiary/aromatic N) is 2. The van der Waals surface area contributed by atoms with Crippen molar-refractivity contribution in [2.45, 2.75) is 19.6 Å². The molecule has 1 heterocycles. The van der Waals surface area contributed by atoms with E-state index in [1.807, 2.05) is 0 Å². The van der Waals surface area contributed by atoms with E-state index in [0.717, 1.165) is 6.20 Å². The van der Waals surface area contributed by atoms with Gasteiger partial charge in [-0.05, 0) is 17.5 Å². The molecule has 70 valence electrons. The van der Waals surface area contributed by atoms with Gasteiger partial charge >= 0.3 is 7.12 Å². The molecule has 0 saturated heterocycles. The highest BCUT2D eigenvalue weighted by Crippen LogP contribution is 2.10. The zero-order valence-corrected chi connectivity index (χ0v) is 7.08. The summed E-state index contributed by atoms with van der Waals surface area (Å²) in [5.41, 5.74) is -1.47. The predicted molar refractivity (Wildman–Crippen MR) is 51.0 cm³/mol. The van der Waals surface area contributed by atoms with Gasteiger partial charge in [0.15, 0.2) is 0 Å². The van der Waals surface area contributed by atoms with E-state index >= 15 is 0 Å². The van der Waals surface area contributed by atoms with E-state index in [9.17, 15) is 10.0 Å². The number of aromatic nitrogens is 2. The van der Waals surface area contributed by atoms with Gasteiger partial charge in [0.1, 0.15) is 0 Å². The fraction of sp³-hybridized carbons (Fsp3) is 0.429. The summed E-state index contributed by atoms with van der Waals surface area (Å²) in [4.78, 5) is 6.85. The Balaban J connectivity index is 3.71. The molecule has 13 heavy (non-hydrogen) atoms.